The summed E-state index contributed by atoms with van der Waals surface area (Å²) < 4.78 is 40.7. The van der Waals surface area contributed by atoms with Crippen molar-refractivity contribution in [1.82, 2.24) is 10.2 Å². The number of nitrogens with one attached hydrogen (secondary N) is 2. The fourth-order valence-electron chi connectivity index (χ4n) is 3.02. The Hall–Kier alpha value is -2.45. The molecule has 8 heteroatoms. The normalized spacial score (nSPS) is 16.9. The highest BCUT2D eigenvalue weighted by Crippen LogP contribution is 2.20. The summed E-state index contributed by atoms with van der Waals surface area (Å²) in [5, 5.41) is 3.22. The van der Waals surface area contributed by atoms with Gasteiger partial charge < -0.3 is 10.2 Å². The lowest BCUT2D eigenvalue weighted by Crippen LogP contribution is -2.38. The zero-order valence-corrected chi connectivity index (χ0v) is 16.0. The van der Waals surface area contributed by atoms with Crippen LogP contribution in [-0.4, -0.2) is 45.4 Å². The van der Waals surface area contributed by atoms with Crippen molar-refractivity contribution in [3.8, 4) is 0 Å². The van der Waals surface area contributed by atoms with Crippen LogP contribution in [0.15, 0.2) is 47.4 Å². The smallest absolute Gasteiger partial charge is 0.261 e. The molecule has 1 heterocycles. The van der Waals surface area contributed by atoms with E-state index >= 15 is 0 Å². The second kappa shape index (κ2) is 7.66. The van der Waals surface area contributed by atoms with Crippen LogP contribution in [-0.2, 0) is 10.0 Å². The average molecular weight is 391 g/mol. The molecule has 1 aliphatic heterocycles. The number of benzene rings is 2. The molecule has 3 rings (SSSR count). The van der Waals surface area contributed by atoms with Gasteiger partial charge in [-0.25, -0.2) is 12.8 Å². The van der Waals surface area contributed by atoms with Gasteiger partial charge in [-0.2, -0.15) is 0 Å². The first-order valence-corrected chi connectivity index (χ1v) is 10.1. The van der Waals surface area contributed by atoms with Crippen molar-refractivity contribution >= 4 is 21.6 Å². The molecule has 2 aromatic carbocycles. The number of nitrogens with zero attached hydrogens (tertiary/aromatic N) is 1. The summed E-state index contributed by atoms with van der Waals surface area (Å²) in [6.07, 6.45) is 0.914. The second-order valence-corrected chi connectivity index (χ2v) is 8.34. The number of sulfonamides is 1. The van der Waals surface area contributed by atoms with Crippen LogP contribution < -0.4 is 10.0 Å². The number of carbonyl (C=O) groups is 1. The summed E-state index contributed by atoms with van der Waals surface area (Å²) in [6, 6.07) is 10.1. The van der Waals surface area contributed by atoms with Crippen molar-refractivity contribution in [2.45, 2.75) is 24.3 Å². The summed E-state index contributed by atoms with van der Waals surface area (Å²) in [4.78, 5) is 14.2. The van der Waals surface area contributed by atoms with Crippen molar-refractivity contribution in [2.24, 2.45) is 0 Å². The fraction of sp³-hybridized carbons (Fsp3) is 0.316. The van der Waals surface area contributed by atoms with Gasteiger partial charge >= 0.3 is 0 Å². The van der Waals surface area contributed by atoms with Crippen LogP contribution in [0, 0.1) is 12.7 Å². The maximum Gasteiger partial charge on any atom is 0.261 e. The number of rotatable bonds is 5. The summed E-state index contributed by atoms with van der Waals surface area (Å²) in [7, 11) is -2.06. The van der Waals surface area contributed by atoms with Gasteiger partial charge in [0.05, 0.1) is 4.90 Å². The lowest BCUT2D eigenvalue weighted by atomic mass is 10.1. The number of amides is 1. The molecule has 0 aromatic heterocycles. The van der Waals surface area contributed by atoms with Crippen LogP contribution in [0.3, 0.4) is 0 Å². The number of likely N-dealkylation sites (N-methyl/N-ethyl adjacent to an activating group) is 1. The topological polar surface area (TPSA) is 78.5 Å². The number of anilines is 1. The van der Waals surface area contributed by atoms with Gasteiger partial charge in [0.25, 0.3) is 15.9 Å². The average Bonchev–Trinajstić information content (AvgIpc) is 3.17. The molecule has 0 bridgehead atoms. The molecule has 0 spiro atoms. The molecule has 2 aromatic rings. The van der Waals surface area contributed by atoms with E-state index in [2.05, 4.69) is 10.0 Å². The molecular weight excluding hydrogens is 369 g/mol. The quantitative estimate of drug-likeness (QED) is 0.820. The number of halogens is 1. The Bertz CT molecular complexity index is 939. The largest absolute Gasteiger partial charge is 0.337 e. The van der Waals surface area contributed by atoms with E-state index in [9.17, 15) is 17.6 Å². The van der Waals surface area contributed by atoms with Crippen LogP contribution >= 0.6 is 0 Å². The molecule has 0 saturated carbocycles. The minimum absolute atomic E-state index is 0.0185. The number of aryl methyl sites for hydroxylation is 1. The maximum atomic E-state index is 13.4. The Kier molecular flexibility index (Phi) is 5.48. The molecule has 27 heavy (non-hydrogen) atoms. The monoisotopic (exact) mass is 391 g/mol. The zero-order valence-electron chi connectivity index (χ0n) is 15.2. The number of hydrogen-bond donors (Lipinski definition) is 2. The molecule has 2 N–H and O–H groups in total. The first-order chi connectivity index (χ1) is 12.8. The third-order valence-corrected chi connectivity index (χ3v) is 6.11. The Morgan fingerprint density at radius 1 is 1.22 bits per heavy atom. The highest BCUT2D eigenvalue weighted by atomic mass is 32.2. The lowest BCUT2D eigenvalue weighted by Gasteiger charge is -2.23. The van der Waals surface area contributed by atoms with Crippen molar-refractivity contribution in [3.05, 3.63) is 59.4 Å². The van der Waals surface area contributed by atoms with Crippen LogP contribution in [0.25, 0.3) is 0 Å². The van der Waals surface area contributed by atoms with Gasteiger partial charge in [0.1, 0.15) is 5.82 Å². The van der Waals surface area contributed by atoms with E-state index in [4.69, 9.17) is 0 Å². The molecule has 1 saturated heterocycles. The van der Waals surface area contributed by atoms with Gasteiger partial charge in [0, 0.05) is 30.9 Å². The molecule has 144 valence electrons. The van der Waals surface area contributed by atoms with E-state index in [1.165, 1.54) is 19.1 Å². The zero-order chi connectivity index (χ0) is 19.6. The molecule has 1 unspecified atom stereocenters. The SMILES string of the molecule is Cc1cc(S(=O)(=O)Nc2ccc(C(=O)N(C)C3CCNC3)cc2)ccc1F. The lowest BCUT2D eigenvalue weighted by molar-refractivity contribution is 0.0744. The number of carbonyl (C=O) groups excluding carboxylic acids is 1. The first-order valence-electron chi connectivity index (χ1n) is 8.65. The minimum atomic E-state index is -3.84. The van der Waals surface area contributed by atoms with Crippen LogP contribution in [0.2, 0.25) is 0 Å². The highest BCUT2D eigenvalue weighted by molar-refractivity contribution is 7.92. The van der Waals surface area contributed by atoms with Gasteiger partial charge in [0.15, 0.2) is 0 Å². The van der Waals surface area contributed by atoms with E-state index in [0.717, 1.165) is 25.6 Å². The van der Waals surface area contributed by atoms with Crippen LogP contribution in [0.5, 0.6) is 0 Å². The van der Waals surface area contributed by atoms with E-state index in [0.29, 0.717) is 11.3 Å². The Labute approximate surface area is 158 Å². The third-order valence-electron chi connectivity index (χ3n) is 4.73. The molecule has 1 amide bonds. The van der Waals surface area contributed by atoms with Gasteiger partial charge in [-0.15, -0.1) is 0 Å². The van der Waals surface area contributed by atoms with Gasteiger partial charge in [-0.3, -0.25) is 9.52 Å². The van der Waals surface area contributed by atoms with Crippen molar-refractivity contribution < 1.29 is 17.6 Å². The van der Waals surface area contributed by atoms with Crippen molar-refractivity contribution in [1.29, 1.82) is 0 Å². The Balaban J connectivity index is 1.73. The molecule has 6 nitrogen and oxygen atoms in total. The summed E-state index contributed by atoms with van der Waals surface area (Å²) in [5.74, 6) is -0.564. The second-order valence-electron chi connectivity index (χ2n) is 6.66. The van der Waals surface area contributed by atoms with E-state index in [1.54, 1.807) is 36.2 Å². The molecular formula is C19H22FN3O3S. The predicted octanol–water partition coefficient (Wildman–Crippen LogP) is 2.37. The highest BCUT2D eigenvalue weighted by Gasteiger charge is 2.24. The van der Waals surface area contributed by atoms with Crippen LogP contribution in [0.1, 0.15) is 22.3 Å². The van der Waals surface area contributed by atoms with E-state index in [-0.39, 0.29) is 22.4 Å². The molecule has 1 aliphatic rings. The van der Waals surface area contributed by atoms with Gasteiger partial charge in [0.2, 0.25) is 0 Å². The Morgan fingerprint density at radius 2 is 1.93 bits per heavy atom. The van der Waals surface area contributed by atoms with E-state index in [1.807, 2.05) is 0 Å². The van der Waals surface area contributed by atoms with Crippen LogP contribution in [0.4, 0.5) is 10.1 Å². The summed E-state index contributed by atoms with van der Waals surface area (Å²) in [5.41, 5.74) is 1.08. The van der Waals surface area contributed by atoms with Gasteiger partial charge in [-0.1, -0.05) is 0 Å². The summed E-state index contributed by atoms with van der Waals surface area (Å²) >= 11 is 0. The fourth-order valence-corrected chi connectivity index (χ4v) is 4.16. The predicted molar refractivity (Wildman–Crippen MR) is 102 cm³/mol. The Morgan fingerprint density at radius 3 is 2.52 bits per heavy atom. The molecule has 0 radical (unpaired) electrons. The summed E-state index contributed by atoms with van der Waals surface area (Å²) in [6.45, 7) is 3.17. The number of hydrogen-bond acceptors (Lipinski definition) is 4. The molecule has 1 fully saturated rings. The van der Waals surface area contributed by atoms with E-state index < -0.39 is 15.8 Å². The molecule has 1 atom stereocenters. The van der Waals surface area contributed by atoms with Crippen molar-refractivity contribution in [3.63, 3.8) is 0 Å². The minimum Gasteiger partial charge on any atom is -0.337 e. The first kappa shape index (κ1) is 19.3. The standard InChI is InChI=1S/C19H22FN3O3S/c1-13-11-17(7-8-18(13)20)27(25,26)22-15-5-3-14(4-6-15)19(24)23(2)16-9-10-21-12-16/h3-8,11,16,21-22H,9-10,12H2,1-2H3. The maximum absolute atomic E-state index is 13.4. The van der Waals surface area contributed by atoms with Crippen molar-refractivity contribution in [2.75, 3.05) is 24.9 Å². The van der Waals surface area contributed by atoms with Gasteiger partial charge in [-0.05, 0) is 67.9 Å². The third kappa shape index (κ3) is 4.28. The molecule has 0 aliphatic carbocycles.